The Morgan fingerprint density at radius 3 is 2.35 bits per heavy atom. The summed E-state index contributed by atoms with van der Waals surface area (Å²) in [5, 5.41) is 14.4. The van der Waals surface area contributed by atoms with Gasteiger partial charge in [0.25, 0.3) is 0 Å². The Kier molecular flexibility index (Phi) is 6.09. The predicted octanol–water partition coefficient (Wildman–Crippen LogP) is 1.37. The van der Waals surface area contributed by atoms with Crippen LogP contribution in [0.25, 0.3) is 0 Å². The fourth-order valence-electron chi connectivity index (χ4n) is 3.00. The van der Waals surface area contributed by atoms with Crippen molar-refractivity contribution >= 4 is 18.3 Å². The Labute approximate surface area is 121 Å². The molecule has 2 heterocycles. The number of halogens is 4. The fourth-order valence-corrected chi connectivity index (χ4v) is 3.00. The molecule has 0 aromatic rings. The van der Waals surface area contributed by atoms with Gasteiger partial charge >= 0.3 is 6.18 Å². The van der Waals surface area contributed by atoms with Crippen molar-refractivity contribution in [2.45, 2.75) is 56.5 Å². The van der Waals surface area contributed by atoms with Crippen LogP contribution in [0.5, 0.6) is 0 Å². The summed E-state index contributed by atoms with van der Waals surface area (Å²) in [6, 6.07) is 0.912. The third-order valence-electron chi connectivity index (χ3n) is 3.92. The van der Waals surface area contributed by atoms with Crippen molar-refractivity contribution in [3.8, 4) is 0 Å². The van der Waals surface area contributed by atoms with E-state index in [1.54, 1.807) is 0 Å². The summed E-state index contributed by atoms with van der Waals surface area (Å²) in [7, 11) is 0. The van der Waals surface area contributed by atoms with E-state index in [0.717, 1.165) is 25.7 Å². The maximum atomic E-state index is 12.1. The molecule has 2 saturated heterocycles. The zero-order valence-electron chi connectivity index (χ0n) is 10.9. The number of carbonyl (C=O) groups excluding carboxylic acids is 1. The van der Waals surface area contributed by atoms with E-state index in [1.807, 2.05) is 0 Å². The van der Waals surface area contributed by atoms with Gasteiger partial charge in [-0.25, -0.2) is 0 Å². The Bertz CT molecular complexity index is 329. The molecular formula is C12H20ClF3N2O2. The third kappa shape index (κ3) is 4.79. The number of aliphatic hydroxyl groups is 1. The Balaban J connectivity index is 0.00000200. The van der Waals surface area contributed by atoms with Crippen LogP contribution >= 0.6 is 12.4 Å². The van der Waals surface area contributed by atoms with Crippen LogP contribution in [0, 0.1) is 5.92 Å². The van der Waals surface area contributed by atoms with Gasteiger partial charge in [0.15, 0.2) is 6.10 Å². The number of carbonyl (C=O) groups is 1. The molecule has 0 aliphatic carbocycles. The van der Waals surface area contributed by atoms with Crippen molar-refractivity contribution in [2.75, 3.05) is 6.54 Å². The van der Waals surface area contributed by atoms with E-state index in [2.05, 4.69) is 10.6 Å². The Hall–Kier alpha value is -0.530. The summed E-state index contributed by atoms with van der Waals surface area (Å²) in [5.74, 6) is -0.170. The lowest BCUT2D eigenvalue weighted by molar-refractivity contribution is -0.201. The third-order valence-corrected chi connectivity index (χ3v) is 3.92. The molecule has 0 saturated carbocycles. The number of hydrogen-bond acceptors (Lipinski definition) is 3. The van der Waals surface area contributed by atoms with Gasteiger partial charge in [0.2, 0.25) is 5.91 Å². The quantitative estimate of drug-likeness (QED) is 0.734. The SMILES string of the molecule is Cl.O=C(CC1CC2CCC(C1)N2)NCC(O)C(F)(F)F. The van der Waals surface area contributed by atoms with Crippen LogP contribution in [0.1, 0.15) is 32.1 Å². The first-order valence-electron chi connectivity index (χ1n) is 6.62. The lowest BCUT2D eigenvalue weighted by Crippen LogP contribution is -2.43. The number of rotatable bonds is 4. The van der Waals surface area contributed by atoms with E-state index in [4.69, 9.17) is 5.11 Å². The fraction of sp³-hybridized carbons (Fsp3) is 0.917. The molecule has 0 spiro atoms. The molecule has 3 unspecified atom stereocenters. The molecule has 3 N–H and O–H groups in total. The molecule has 8 heteroatoms. The summed E-state index contributed by atoms with van der Waals surface area (Å²) >= 11 is 0. The highest BCUT2D eigenvalue weighted by Gasteiger charge is 2.38. The second kappa shape index (κ2) is 6.95. The lowest BCUT2D eigenvalue weighted by atomic mass is 9.89. The molecule has 3 atom stereocenters. The van der Waals surface area contributed by atoms with Crippen LogP contribution in [-0.4, -0.2) is 41.9 Å². The normalized spacial score (nSPS) is 30.5. The van der Waals surface area contributed by atoms with Gasteiger partial charge in [0.05, 0.1) is 6.54 Å². The standard InChI is InChI=1S/C12H19F3N2O2.ClH/c13-12(14,15)10(18)6-16-11(19)5-7-3-8-1-2-9(4-7)17-8;/h7-10,17-18H,1-6H2,(H,16,19);1H. The van der Waals surface area contributed by atoms with Gasteiger partial charge in [-0.3, -0.25) is 4.79 Å². The van der Waals surface area contributed by atoms with Crippen LogP contribution in [0.15, 0.2) is 0 Å². The van der Waals surface area contributed by atoms with Crippen molar-refractivity contribution in [1.29, 1.82) is 0 Å². The molecule has 2 rings (SSSR count). The number of alkyl halides is 3. The summed E-state index contributed by atoms with van der Waals surface area (Å²) in [6.45, 7) is -0.764. The van der Waals surface area contributed by atoms with E-state index < -0.39 is 24.7 Å². The molecule has 118 valence electrons. The number of aliphatic hydroxyl groups excluding tert-OH is 1. The van der Waals surface area contributed by atoms with Crippen LogP contribution in [0.2, 0.25) is 0 Å². The summed E-state index contributed by atoms with van der Waals surface area (Å²) in [6.07, 6.45) is -2.86. The molecule has 1 amide bonds. The zero-order valence-corrected chi connectivity index (χ0v) is 11.8. The molecule has 4 nitrogen and oxygen atoms in total. The van der Waals surface area contributed by atoms with Gasteiger partial charge < -0.3 is 15.7 Å². The van der Waals surface area contributed by atoms with E-state index >= 15 is 0 Å². The number of piperidine rings is 1. The maximum Gasteiger partial charge on any atom is 0.416 e. The Morgan fingerprint density at radius 1 is 1.30 bits per heavy atom. The summed E-state index contributed by atoms with van der Waals surface area (Å²) in [4.78, 5) is 11.6. The van der Waals surface area contributed by atoms with Gasteiger partial charge in [0, 0.05) is 18.5 Å². The molecule has 2 aliphatic heterocycles. The molecule has 2 aliphatic rings. The van der Waals surface area contributed by atoms with Gasteiger partial charge in [-0.2, -0.15) is 13.2 Å². The van der Waals surface area contributed by atoms with Crippen molar-refractivity contribution in [3.05, 3.63) is 0 Å². The second-order valence-electron chi connectivity index (χ2n) is 5.54. The summed E-state index contributed by atoms with van der Waals surface area (Å²) < 4.78 is 36.2. The Morgan fingerprint density at radius 2 is 1.85 bits per heavy atom. The molecule has 0 radical (unpaired) electrons. The van der Waals surface area contributed by atoms with E-state index in [9.17, 15) is 18.0 Å². The molecule has 20 heavy (non-hydrogen) atoms. The highest BCUT2D eigenvalue weighted by Crippen LogP contribution is 2.32. The summed E-state index contributed by atoms with van der Waals surface area (Å²) in [5.41, 5.74) is 0. The minimum atomic E-state index is -4.68. The molecular weight excluding hydrogens is 297 g/mol. The van der Waals surface area contributed by atoms with E-state index in [0.29, 0.717) is 12.1 Å². The van der Waals surface area contributed by atoms with Gasteiger partial charge in [-0.15, -0.1) is 12.4 Å². The first-order chi connectivity index (χ1) is 8.84. The molecule has 0 aromatic carbocycles. The minimum absolute atomic E-state index is 0. The average molecular weight is 317 g/mol. The smallest absolute Gasteiger partial charge is 0.382 e. The number of amides is 1. The van der Waals surface area contributed by atoms with Crippen LogP contribution in [0.4, 0.5) is 13.2 Å². The highest BCUT2D eigenvalue weighted by atomic mass is 35.5. The van der Waals surface area contributed by atoms with Gasteiger partial charge in [0.1, 0.15) is 0 Å². The number of nitrogens with one attached hydrogen (secondary N) is 2. The number of hydrogen-bond donors (Lipinski definition) is 3. The number of fused-ring (bicyclic) bond motifs is 2. The van der Waals surface area contributed by atoms with Gasteiger partial charge in [-0.1, -0.05) is 0 Å². The largest absolute Gasteiger partial charge is 0.416 e. The molecule has 0 aromatic heterocycles. The highest BCUT2D eigenvalue weighted by molar-refractivity contribution is 5.85. The molecule has 2 bridgehead atoms. The topological polar surface area (TPSA) is 61.4 Å². The maximum absolute atomic E-state index is 12.1. The van der Waals surface area contributed by atoms with Gasteiger partial charge in [-0.05, 0) is 31.6 Å². The van der Waals surface area contributed by atoms with Crippen LogP contribution in [0.3, 0.4) is 0 Å². The monoisotopic (exact) mass is 316 g/mol. The average Bonchev–Trinajstić information content (AvgIpc) is 2.64. The zero-order chi connectivity index (χ0) is 14.0. The van der Waals surface area contributed by atoms with Crippen molar-refractivity contribution in [3.63, 3.8) is 0 Å². The van der Waals surface area contributed by atoms with E-state index in [1.165, 1.54) is 0 Å². The van der Waals surface area contributed by atoms with E-state index in [-0.39, 0.29) is 24.7 Å². The van der Waals surface area contributed by atoms with Crippen molar-refractivity contribution in [2.24, 2.45) is 5.92 Å². The van der Waals surface area contributed by atoms with Crippen molar-refractivity contribution in [1.82, 2.24) is 10.6 Å². The first-order valence-corrected chi connectivity index (χ1v) is 6.62. The first kappa shape index (κ1) is 17.5. The van der Waals surface area contributed by atoms with Crippen LogP contribution < -0.4 is 10.6 Å². The second-order valence-corrected chi connectivity index (χ2v) is 5.54. The minimum Gasteiger partial charge on any atom is -0.382 e. The lowest BCUT2D eigenvalue weighted by Gasteiger charge is -2.28. The van der Waals surface area contributed by atoms with Crippen LogP contribution in [-0.2, 0) is 4.79 Å². The molecule has 2 fully saturated rings. The predicted molar refractivity (Wildman–Crippen MR) is 69.6 cm³/mol. The van der Waals surface area contributed by atoms with Crippen molar-refractivity contribution < 1.29 is 23.1 Å².